The van der Waals surface area contributed by atoms with Gasteiger partial charge >= 0.3 is 0 Å². The van der Waals surface area contributed by atoms with Crippen LogP contribution in [0.15, 0.2) is 60.0 Å². The van der Waals surface area contributed by atoms with Crippen LogP contribution in [-0.4, -0.2) is 39.1 Å². The predicted octanol–water partition coefficient (Wildman–Crippen LogP) is 4.89. The van der Waals surface area contributed by atoms with Crippen LogP contribution in [0, 0.1) is 12.8 Å². The first kappa shape index (κ1) is 20.7. The smallest absolute Gasteiger partial charge is 0.253 e. The Morgan fingerprint density at radius 3 is 2.43 bits per heavy atom. The van der Waals surface area contributed by atoms with Gasteiger partial charge in [0.1, 0.15) is 6.33 Å². The third-order valence-corrected chi connectivity index (χ3v) is 6.78. The molecule has 1 amide bonds. The Labute approximate surface area is 182 Å². The van der Waals surface area contributed by atoms with Crippen LogP contribution < -0.4 is 0 Å². The van der Waals surface area contributed by atoms with Gasteiger partial charge in [-0.3, -0.25) is 9.89 Å². The number of hydrogen-bond donors (Lipinski definition) is 1. The van der Waals surface area contributed by atoms with Crippen LogP contribution in [-0.2, 0) is 12.2 Å². The summed E-state index contributed by atoms with van der Waals surface area (Å²) in [6, 6.07) is 16.8. The third-order valence-electron chi connectivity index (χ3n) is 5.83. The van der Waals surface area contributed by atoms with Crippen LogP contribution in [0.5, 0.6) is 0 Å². The number of nitrogens with one attached hydrogen (secondary N) is 1. The Morgan fingerprint density at radius 1 is 1.07 bits per heavy atom. The molecular formula is C24H28N4OS. The van der Waals surface area contributed by atoms with E-state index in [0.717, 1.165) is 48.8 Å². The molecule has 5 nitrogen and oxygen atoms in total. The van der Waals surface area contributed by atoms with Gasteiger partial charge in [-0.2, -0.15) is 5.10 Å². The lowest BCUT2D eigenvalue weighted by Gasteiger charge is -2.32. The monoisotopic (exact) mass is 420 g/mol. The summed E-state index contributed by atoms with van der Waals surface area (Å²) in [6.45, 7) is 3.85. The van der Waals surface area contributed by atoms with Crippen molar-refractivity contribution in [2.45, 2.75) is 43.5 Å². The molecule has 2 heterocycles. The third kappa shape index (κ3) is 5.51. The quantitative estimate of drug-likeness (QED) is 0.553. The molecule has 1 aliphatic heterocycles. The van der Waals surface area contributed by atoms with Crippen LogP contribution in [0.4, 0.5) is 0 Å². The summed E-state index contributed by atoms with van der Waals surface area (Å²) in [5, 5.41) is 7.50. The van der Waals surface area contributed by atoms with E-state index in [9.17, 15) is 4.79 Å². The number of likely N-dealkylation sites (tertiary alicyclic amines) is 1. The van der Waals surface area contributed by atoms with E-state index in [-0.39, 0.29) is 5.91 Å². The predicted molar refractivity (Wildman–Crippen MR) is 121 cm³/mol. The Balaban J connectivity index is 1.23. The Kier molecular flexibility index (Phi) is 6.84. The van der Waals surface area contributed by atoms with Crippen LogP contribution in [0.2, 0.25) is 0 Å². The fraction of sp³-hybridized carbons (Fsp3) is 0.375. The van der Waals surface area contributed by atoms with Crippen molar-refractivity contribution in [3.63, 3.8) is 0 Å². The second-order valence-electron chi connectivity index (χ2n) is 8.04. The molecule has 0 bridgehead atoms. The number of amides is 1. The first-order valence-corrected chi connectivity index (χ1v) is 11.6. The normalized spacial score (nSPS) is 14.8. The van der Waals surface area contributed by atoms with Gasteiger partial charge in [0.2, 0.25) is 0 Å². The average Bonchev–Trinajstić information content (AvgIpc) is 3.31. The summed E-state index contributed by atoms with van der Waals surface area (Å²) >= 11 is 1.60. The van der Waals surface area contributed by atoms with Gasteiger partial charge in [0, 0.05) is 24.4 Å². The van der Waals surface area contributed by atoms with Crippen molar-refractivity contribution in [3.05, 3.63) is 77.1 Å². The summed E-state index contributed by atoms with van der Waals surface area (Å²) in [4.78, 5) is 19.0. The van der Waals surface area contributed by atoms with Crippen LogP contribution in [0.3, 0.4) is 0 Å². The molecule has 1 N–H and O–H groups in total. The largest absolute Gasteiger partial charge is 0.339 e. The van der Waals surface area contributed by atoms with Crippen LogP contribution >= 0.6 is 11.8 Å². The lowest BCUT2D eigenvalue weighted by molar-refractivity contribution is 0.0687. The molecule has 6 heteroatoms. The van der Waals surface area contributed by atoms with E-state index in [1.165, 1.54) is 29.4 Å². The molecule has 0 radical (unpaired) electrons. The van der Waals surface area contributed by atoms with Crippen molar-refractivity contribution in [2.24, 2.45) is 5.92 Å². The van der Waals surface area contributed by atoms with Gasteiger partial charge in [0.05, 0.1) is 0 Å². The van der Waals surface area contributed by atoms with Gasteiger partial charge in [0.15, 0.2) is 5.16 Å². The molecule has 2 aromatic carbocycles. The van der Waals surface area contributed by atoms with Crippen molar-refractivity contribution in [1.29, 1.82) is 0 Å². The second-order valence-corrected chi connectivity index (χ2v) is 9.00. The highest BCUT2D eigenvalue weighted by Gasteiger charge is 2.23. The molecule has 1 saturated heterocycles. The first-order chi connectivity index (χ1) is 14.7. The molecule has 1 fully saturated rings. The molecule has 0 aliphatic carbocycles. The van der Waals surface area contributed by atoms with Crippen molar-refractivity contribution in [3.8, 4) is 0 Å². The molecule has 0 atom stereocenters. The standard InChI is InChI=1S/C24H28N4OS/c1-18-2-4-19(5-3-18)6-7-20-12-14-28(15-13-20)23(29)22-10-8-21(9-11-22)16-30-24-25-17-26-27-24/h2-5,8-11,17,20H,6-7,12-16H2,1H3,(H,25,26,27). The Bertz CT molecular complexity index is 930. The van der Waals surface area contributed by atoms with Crippen molar-refractivity contribution in [1.82, 2.24) is 20.1 Å². The number of aromatic amines is 1. The number of rotatable bonds is 7. The number of carbonyl (C=O) groups is 1. The van der Waals surface area contributed by atoms with E-state index in [4.69, 9.17) is 0 Å². The molecule has 30 heavy (non-hydrogen) atoms. The number of nitrogens with zero attached hydrogens (tertiary/aromatic N) is 3. The SMILES string of the molecule is Cc1ccc(CCC2CCN(C(=O)c3ccc(CSc4ncn[nH]4)cc3)CC2)cc1. The van der Waals surface area contributed by atoms with Gasteiger partial charge in [-0.25, -0.2) is 4.98 Å². The highest BCUT2D eigenvalue weighted by molar-refractivity contribution is 7.98. The van der Waals surface area contributed by atoms with Crippen LogP contribution in [0.1, 0.15) is 46.3 Å². The molecule has 0 saturated carbocycles. The number of carbonyl (C=O) groups excluding carboxylic acids is 1. The zero-order valence-corrected chi connectivity index (χ0v) is 18.2. The minimum absolute atomic E-state index is 0.154. The maximum absolute atomic E-state index is 12.9. The molecule has 156 valence electrons. The van der Waals surface area contributed by atoms with Crippen molar-refractivity contribution in [2.75, 3.05) is 13.1 Å². The van der Waals surface area contributed by atoms with Gasteiger partial charge in [0.25, 0.3) is 5.91 Å². The average molecular weight is 421 g/mol. The first-order valence-electron chi connectivity index (χ1n) is 10.6. The summed E-state index contributed by atoms with van der Waals surface area (Å²) in [5.74, 6) is 1.67. The molecule has 1 aromatic heterocycles. The van der Waals surface area contributed by atoms with E-state index in [0.29, 0.717) is 5.92 Å². The number of aromatic nitrogens is 3. The molecule has 4 rings (SSSR count). The molecule has 0 spiro atoms. The van der Waals surface area contributed by atoms with Gasteiger partial charge < -0.3 is 4.90 Å². The van der Waals surface area contributed by atoms with Crippen molar-refractivity contribution >= 4 is 17.7 Å². The van der Waals surface area contributed by atoms with Crippen molar-refractivity contribution < 1.29 is 4.79 Å². The highest BCUT2D eigenvalue weighted by atomic mass is 32.2. The number of hydrogen-bond acceptors (Lipinski definition) is 4. The summed E-state index contributed by atoms with van der Waals surface area (Å²) < 4.78 is 0. The minimum Gasteiger partial charge on any atom is -0.339 e. The molecule has 1 aliphatic rings. The fourth-order valence-corrected chi connectivity index (χ4v) is 4.63. The highest BCUT2D eigenvalue weighted by Crippen LogP contribution is 2.24. The van der Waals surface area contributed by atoms with E-state index in [1.54, 1.807) is 11.8 Å². The lowest BCUT2D eigenvalue weighted by atomic mass is 9.90. The fourth-order valence-electron chi connectivity index (χ4n) is 3.89. The Hall–Kier alpha value is -2.60. The van der Waals surface area contributed by atoms with Gasteiger partial charge in [-0.15, -0.1) is 0 Å². The van der Waals surface area contributed by atoms with E-state index in [2.05, 4.69) is 46.4 Å². The van der Waals surface area contributed by atoms with Gasteiger partial charge in [-0.05, 0) is 61.8 Å². The van der Waals surface area contributed by atoms with Crippen LogP contribution in [0.25, 0.3) is 0 Å². The Morgan fingerprint density at radius 2 is 1.77 bits per heavy atom. The zero-order valence-electron chi connectivity index (χ0n) is 17.4. The zero-order chi connectivity index (χ0) is 20.8. The number of thioether (sulfide) groups is 1. The van der Waals surface area contributed by atoms with E-state index < -0.39 is 0 Å². The summed E-state index contributed by atoms with van der Waals surface area (Å²) in [5.41, 5.74) is 4.68. The van der Waals surface area contributed by atoms with E-state index >= 15 is 0 Å². The molecule has 0 unspecified atom stereocenters. The topological polar surface area (TPSA) is 61.9 Å². The lowest BCUT2D eigenvalue weighted by Crippen LogP contribution is -2.38. The molecule has 3 aromatic rings. The summed E-state index contributed by atoms with van der Waals surface area (Å²) in [7, 11) is 0. The second kappa shape index (κ2) is 9.94. The minimum atomic E-state index is 0.154. The molecular weight excluding hydrogens is 392 g/mol. The summed E-state index contributed by atoms with van der Waals surface area (Å²) in [6.07, 6.45) is 6.05. The number of benzene rings is 2. The van der Waals surface area contributed by atoms with E-state index in [1.807, 2.05) is 29.2 Å². The number of H-pyrrole nitrogens is 1. The number of piperidine rings is 1. The maximum Gasteiger partial charge on any atom is 0.253 e. The number of aryl methyl sites for hydroxylation is 2. The van der Waals surface area contributed by atoms with Gasteiger partial charge in [-0.1, -0.05) is 53.7 Å². The maximum atomic E-state index is 12.9.